The third-order valence-corrected chi connectivity index (χ3v) is 22.7. The summed E-state index contributed by atoms with van der Waals surface area (Å²) in [7, 11) is -5.60. The summed E-state index contributed by atoms with van der Waals surface area (Å²) in [6.07, 6.45) is 4.61. The van der Waals surface area contributed by atoms with E-state index in [1.54, 1.807) is 6.92 Å². The lowest BCUT2D eigenvalue weighted by Crippen LogP contribution is -2.60. The summed E-state index contributed by atoms with van der Waals surface area (Å²) in [5.74, 6) is -2.79. The smallest absolute Gasteiger partial charge is 0.462 e. The molecule has 21 heteroatoms. The summed E-state index contributed by atoms with van der Waals surface area (Å²) >= 11 is 0. The maximum atomic E-state index is 14.9. The first-order valence-electron chi connectivity index (χ1n) is 27.0. The summed E-state index contributed by atoms with van der Waals surface area (Å²) in [6, 6.07) is 0. The first-order valence-corrected chi connectivity index (χ1v) is 31.4. The molecule has 4 saturated heterocycles. The molecular weight excluding hydrogens is 1030 g/mol. The monoisotopic (exact) mass is 1120 g/mol. The van der Waals surface area contributed by atoms with Crippen molar-refractivity contribution in [1.29, 1.82) is 0 Å². The molecule has 6 heterocycles. The molecule has 4 fully saturated rings. The van der Waals surface area contributed by atoms with E-state index in [-0.39, 0.29) is 54.8 Å². The molecule has 7 rings (SSSR count). The average Bonchev–Trinajstić information content (AvgIpc) is 3.67. The van der Waals surface area contributed by atoms with Gasteiger partial charge in [0.15, 0.2) is 26.7 Å². The van der Waals surface area contributed by atoms with Gasteiger partial charge in [0.1, 0.15) is 35.9 Å². The molecule has 0 aromatic carbocycles. The van der Waals surface area contributed by atoms with Gasteiger partial charge in [0.2, 0.25) is 0 Å². The number of carbonyl (C=O) groups is 1. The normalized spacial score (nSPS) is 43.2. The van der Waals surface area contributed by atoms with E-state index in [9.17, 15) is 31.5 Å². The van der Waals surface area contributed by atoms with Crippen LogP contribution in [0.3, 0.4) is 0 Å². The number of halogens is 3. The Bertz CT molecular complexity index is 2320. The Morgan fingerprint density at radius 2 is 1.50 bits per heavy atom. The lowest BCUT2D eigenvalue weighted by molar-refractivity contribution is -0.317. The Labute approximate surface area is 449 Å². The van der Waals surface area contributed by atoms with Crippen LogP contribution in [-0.4, -0.2) is 151 Å². The largest absolute Gasteiger partial charge is 0.523 e. The van der Waals surface area contributed by atoms with E-state index < -0.39 is 127 Å². The molecule has 0 aromatic heterocycles. The number of hydrogen-bond acceptors (Lipinski definition) is 16. The fourth-order valence-electron chi connectivity index (χ4n) is 11.5. The number of hydrogen-bond donors (Lipinski definition) is 1. The molecule has 16 nitrogen and oxygen atoms in total. The Hall–Kier alpha value is -2.35. The highest BCUT2D eigenvalue weighted by Crippen LogP contribution is 2.50. The van der Waals surface area contributed by atoms with Crippen LogP contribution >= 0.6 is 0 Å². The van der Waals surface area contributed by atoms with Crippen LogP contribution in [0.1, 0.15) is 115 Å². The number of fused-ring (bicyclic) bond motifs is 2. The summed E-state index contributed by atoms with van der Waals surface area (Å²) < 4.78 is 139. The molecule has 0 unspecified atom stereocenters. The van der Waals surface area contributed by atoms with Crippen LogP contribution in [-0.2, 0) is 70.9 Å². The highest BCUT2D eigenvalue weighted by molar-refractivity contribution is 7.87. The highest BCUT2D eigenvalue weighted by atomic mass is 32.2. The first-order chi connectivity index (χ1) is 35.4. The van der Waals surface area contributed by atoms with Crippen molar-refractivity contribution < 1.29 is 87.5 Å². The van der Waals surface area contributed by atoms with Crippen LogP contribution in [0.4, 0.5) is 13.2 Å². The van der Waals surface area contributed by atoms with Gasteiger partial charge >= 0.3 is 21.6 Å². The van der Waals surface area contributed by atoms with Gasteiger partial charge in [-0.15, -0.1) is 0 Å². The van der Waals surface area contributed by atoms with Crippen LogP contribution in [0.15, 0.2) is 59.3 Å². The van der Waals surface area contributed by atoms with E-state index in [1.165, 1.54) is 21.1 Å². The maximum absolute atomic E-state index is 14.9. The summed E-state index contributed by atoms with van der Waals surface area (Å²) in [5.41, 5.74) is -5.25. The van der Waals surface area contributed by atoms with Crippen LogP contribution in [0.2, 0.25) is 18.1 Å². The minimum atomic E-state index is -5.94. The third-order valence-electron chi connectivity index (χ3n) is 17.2. The van der Waals surface area contributed by atoms with Crippen molar-refractivity contribution in [3.05, 3.63) is 59.3 Å². The van der Waals surface area contributed by atoms with E-state index in [2.05, 4.69) is 71.0 Å². The average molecular weight is 1120 g/mol. The fourth-order valence-corrected chi connectivity index (χ4v) is 13.5. The molecule has 7 aliphatic rings. The van der Waals surface area contributed by atoms with Crippen molar-refractivity contribution >= 4 is 24.4 Å². The van der Waals surface area contributed by atoms with E-state index in [4.69, 9.17) is 51.8 Å². The molecule has 0 radical (unpaired) electrons. The topological polar surface area (TPSA) is 182 Å². The van der Waals surface area contributed by atoms with E-state index in [0.717, 1.165) is 17.6 Å². The van der Waals surface area contributed by atoms with Crippen molar-refractivity contribution in [2.24, 2.45) is 23.7 Å². The fraction of sp³-hybridized carbons (Fsp3) is 0.800. The molecule has 2 bridgehead atoms. The van der Waals surface area contributed by atoms with Gasteiger partial charge in [-0.1, -0.05) is 91.3 Å². The lowest BCUT2D eigenvalue weighted by Gasteiger charge is -2.49. The Balaban J connectivity index is 1.18. The minimum Gasteiger partial charge on any atom is -0.462 e. The third kappa shape index (κ3) is 12.9. The van der Waals surface area contributed by atoms with Gasteiger partial charge < -0.3 is 56.9 Å². The van der Waals surface area contributed by atoms with E-state index >= 15 is 0 Å². The van der Waals surface area contributed by atoms with Gasteiger partial charge in [-0.2, -0.15) is 21.6 Å². The van der Waals surface area contributed by atoms with Crippen molar-refractivity contribution in [2.45, 2.75) is 236 Å². The number of ether oxygens (including phenoxy) is 10. The van der Waals surface area contributed by atoms with Crippen LogP contribution < -0.4 is 0 Å². The Morgan fingerprint density at radius 1 is 0.868 bits per heavy atom. The molecule has 6 aliphatic heterocycles. The molecule has 0 aromatic rings. The second-order valence-corrected chi connectivity index (χ2v) is 30.1. The van der Waals surface area contributed by atoms with Gasteiger partial charge in [-0.3, -0.25) is 8.98 Å². The Morgan fingerprint density at radius 3 is 2.12 bits per heavy atom. The van der Waals surface area contributed by atoms with Gasteiger partial charge in [0.05, 0.1) is 55.4 Å². The zero-order chi connectivity index (χ0) is 56.1. The number of allylic oxidation sites excluding steroid dienone is 2. The van der Waals surface area contributed by atoms with Crippen LogP contribution in [0.5, 0.6) is 0 Å². The first kappa shape index (κ1) is 61.3. The lowest BCUT2D eigenvalue weighted by atomic mass is 9.71. The van der Waals surface area contributed by atoms with Crippen molar-refractivity contribution in [3.63, 3.8) is 0 Å². The SMILES string of the molecule is CC[C@@H](C)[C@H]1O[C@]2(C=C[C@@H]1C)C[C@@H]1C[C@@H](C/C=C(\C)[C@@H](O[C@H]3C[C@H](OC)[C@@H](O[C@H]4C[C@H](OC)[C@H](OS(=O)(=O)C(F)(F)F)[C@H](C)O4)[C@H](C)O3)[C@@H](C)/C=C/C=C3\CO[C@@H]4[C@H](O[Si](C)(C)C(C)(C)C)C(C)=C[C@@H](C(=O)O1)[C@]34O)O2. The van der Waals surface area contributed by atoms with Crippen molar-refractivity contribution in [1.82, 2.24) is 0 Å². The molecule has 432 valence electrons. The molecule has 1 N–H and O–H groups in total. The number of esters is 1. The van der Waals surface area contributed by atoms with Crippen LogP contribution in [0, 0.1) is 23.7 Å². The van der Waals surface area contributed by atoms with Gasteiger partial charge in [0, 0.05) is 51.7 Å². The quantitative estimate of drug-likeness (QED) is 0.0641. The molecule has 0 amide bonds. The maximum Gasteiger partial charge on any atom is 0.523 e. The number of aliphatic hydroxyl groups is 1. The predicted octanol–water partition coefficient (Wildman–Crippen LogP) is 9.28. The molecule has 76 heavy (non-hydrogen) atoms. The summed E-state index contributed by atoms with van der Waals surface area (Å²) in [6.45, 7) is 26.4. The van der Waals surface area contributed by atoms with Gasteiger partial charge in [-0.05, 0) is 81.0 Å². The number of rotatable bonds is 12. The second-order valence-electron chi connectivity index (χ2n) is 23.8. The van der Waals surface area contributed by atoms with Crippen molar-refractivity contribution in [2.75, 3.05) is 20.8 Å². The predicted molar refractivity (Wildman–Crippen MR) is 277 cm³/mol. The zero-order valence-electron chi connectivity index (χ0n) is 47.0. The summed E-state index contributed by atoms with van der Waals surface area (Å²) in [5, 5.41) is 13.1. The highest BCUT2D eigenvalue weighted by Gasteiger charge is 2.62. The molecular formula is C55H85F3O16SSi. The van der Waals surface area contributed by atoms with Gasteiger partial charge in [-0.25, -0.2) is 0 Å². The van der Waals surface area contributed by atoms with Crippen LogP contribution in [0.25, 0.3) is 0 Å². The number of alkyl halides is 3. The number of methoxy groups -OCH3 is 2. The number of carbonyl (C=O) groups excluding carboxylic acids is 1. The van der Waals surface area contributed by atoms with Crippen molar-refractivity contribution in [3.8, 4) is 0 Å². The standard InChI is InChI=1S/C55H85F3O16SSi/c1-16-30(2)46-33(5)22-23-53(72-46)28-39-25-38(71-53)21-20-32(4)45(31(3)18-17-19-37-29-65-50-47(74-76(14,15)52(9,10)11)34(6)24-40(51(59)68-39)54(37,50)60)69-43-26-41(63-12)48(35(7)66-43)70-44-27-42(64-13)49(36(8)67-44)73-75(61,62)55(56,57)58/h17-20,22-24,30-31,33,35-36,38-50,60H,16,21,25-29H2,1-15H3/b18-17+,32-20+,37-19+/t30-,31+,33+,35+,36+,38-,39+,40+,41+,42+,43+,44+,45+,46-,47-,48+,49-,50-,53-,54-/m1/s1. The summed E-state index contributed by atoms with van der Waals surface area (Å²) in [4.78, 5) is 14.9. The van der Waals surface area contributed by atoms with E-state index in [0.29, 0.717) is 18.4 Å². The van der Waals surface area contributed by atoms with Gasteiger partial charge in [0.25, 0.3) is 0 Å². The minimum absolute atomic E-state index is 0.0536. The Kier molecular flexibility index (Phi) is 19.0. The van der Waals surface area contributed by atoms with E-state index in [1.807, 2.05) is 51.2 Å². The second kappa shape index (κ2) is 23.6. The molecule has 1 spiro atoms. The molecule has 0 saturated carbocycles. The zero-order valence-corrected chi connectivity index (χ0v) is 48.8. The molecule has 1 aliphatic carbocycles. The molecule has 20 atom stereocenters.